The summed E-state index contributed by atoms with van der Waals surface area (Å²) in [5.41, 5.74) is 6.15. The van der Waals surface area contributed by atoms with Crippen molar-refractivity contribution in [3.63, 3.8) is 0 Å². The Hall–Kier alpha value is -1.91. The summed E-state index contributed by atoms with van der Waals surface area (Å²) >= 11 is 0. The number of nitrogen functional groups attached to an aromatic ring is 1. The standard InChI is InChI=1S/C8H9N3O2/c1-5(9)6-2-3-7(10)8(4-6)11(12)13/h2-4,9H,10H2,1H3. The Bertz CT molecular complexity index is 374. The first-order chi connectivity index (χ1) is 6.02. The smallest absolute Gasteiger partial charge is 0.292 e. The molecule has 0 spiro atoms. The van der Waals surface area contributed by atoms with E-state index in [-0.39, 0.29) is 17.1 Å². The summed E-state index contributed by atoms with van der Waals surface area (Å²) < 4.78 is 0. The molecule has 0 aliphatic rings. The van der Waals surface area contributed by atoms with E-state index in [0.29, 0.717) is 5.56 Å². The number of hydrogen-bond acceptors (Lipinski definition) is 4. The van der Waals surface area contributed by atoms with Crippen molar-refractivity contribution in [2.45, 2.75) is 6.92 Å². The van der Waals surface area contributed by atoms with Gasteiger partial charge in [-0.15, -0.1) is 0 Å². The molecular formula is C8H9N3O2. The maximum Gasteiger partial charge on any atom is 0.292 e. The highest BCUT2D eigenvalue weighted by atomic mass is 16.6. The van der Waals surface area contributed by atoms with Crippen LogP contribution in [0.1, 0.15) is 12.5 Å². The predicted octanol–water partition coefficient (Wildman–Crippen LogP) is 1.56. The van der Waals surface area contributed by atoms with Gasteiger partial charge < -0.3 is 11.1 Å². The zero-order valence-electron chi connectivity index (χ0n) is 7.07. The molecular weight excluding hydrogens is 170 g/mol. The van der Waals surface area contributed by atoms with Crippen LogP contribution in [0.25, 0.3) is 0 Å². The number of nitrogens with two attached hydrogens (primary N) is 1. The fourth-order valence-corrected chi connectivity index (χ4v) is 0.935. The molecule has 0 bridgehead atoms. The summed E-state index contributed by atoms with van der Waals surface area (Å²) in [5.74, 6) is 0. The van der Waals surface area contributed by atoms with Crippen LogP contribution >= 0.6 is 0 Å². The van der Waals surface area contributed by atoms with Gasteiger partial charge in [0.1, 0.15) is 5.69 Å². The van der Waals surface area contributed by atoms with E-state index in [9.17, 15) is 10.1 Å². The van der Waals surface area contributed by atoms with E-state index in [1.54, 1.807) is 13.0 Å². The second kappa shape index (κ2) is 3.22. The number of anilines is 1. The van der Waals surface area contributed by atoms with Crippen LogP contribution in [-0.2, 0) is 0 Å². The van der Waals surface area contributed by atoms with Crippen LogP contribution in [0.4, 0.5) is 11.4 Å². The summed E-state index contributed by atoms with van der Waals surface area (Å²) in [6.07, 6.45) is 0. The lowest BCUT2D eigenvalue weighted by atomic mass is 10.1. The lowest BCUT2D eigenvalue weighted by Crippen LogP contribution is -1.99. The van der Waals surface area contributed by atoms with E-state index in [4.69, 9.17) is 11.1 Å². The van der Waals surface area contributed by atoms with Crippen molar-refractivity contribution in [2.24, 2.45) is 0 Å². The molecule has 0 fully saturated rings. The van der Waals surface area contributed by atoms with Crippen molar-refractivity contribution in [3.8, 4) is 0 Å². The third-order valence-electron chi connectivity index (χ3n) is 1.66. The molecule has 1 rings (SSSR count). The highest BCUT2D eigenvalue weighted by Gasteiger charge is 2.11. The topological polar surface area (TPSA) is 93.0 Å². The van der Waals surface area contributed by atoms with Gasteiger partial charge in [-0.05, 0) is 13.0 Å². The quantitative estimate of drug-likeness (QED) is 0.312. The van der Waals surface area contributed by atoms with E-state index in [1.807, 2.05) is 0 Å². The number of nitrogens with one attached hydrogen (secondary N) is 1. The Balaban J connectivity index is 3.27. The van der Waals surface area contributed by atoms with Crippen molar-refractivity contribution < 1.29 is 4.92 Å². The summed E-state index contributed by atoms with van der Waals surface area (Å²) in [6, 6.07) is 4.33. The molecule has 0 heterocycles. The van der Waals surface area contributed by atoms with Crippen molar-refractivity contribution in [1.82, 2.24) is 0 Å². The van der Waals surface area contributed by atoms with Crippen LogP contribution in [-0.4, -0.2) is 10.6 Å². The molecule has 13 heavy (non-hydrogen) atoms. The molecule has 0 unspecified atom stereocenters. The van der Waals surface area contributed by atoms with E-state index in [0.717, 1.165) is 0 Å². The fraction of sp³-hybridized carbons (Fsp3) is 0.125. The molecule has 0 radical (unpaired) electrons. The molecule has 3 N–H and O–H groups in total. The normalized spacial score (nSPS) is 9.62. The van der Waals surface area contributed by atoms with Crippen molar-refractivity contribution in [2.75, 3.05) is 5.73 Å². The zero-order chi connectivity index (χ0) is 10.0. The molecule has 0 aliphatic heterocycles. The van der Waals surface area contributed by atoms with Gasteiger partial charge in [-0.25, -0.2) is 0 Å². The highest BCUT2D eigenvalue weighted by molar-refractivity contribution is 5.97. The monoisotopic (exact) mass is 179 g/mol. The number of nitro benzene ring substituents is 1. The van der Waals surface area contributed by atoms with Gasteiger partial charge in [-0.1, -0.05) is 6.07 Å². The van der Waals surface area contributed by atoms with Gasteiger partial charge >= 0.3 is 0 Å². The largest absolute Gasteiger partial charge is 0.393 e. The van der Waals surface area contributed by atoms with Crippen LogP contribution in [0.5, 0.6) is 0 Å². The second-order valence-corrected chi connectivity index (χ2v) is 2.66. The Labute approximate surface area is 74.8 Å². The summed E-state index contributed by atoms with van der Waals surface area (Å²) in [5, 5.41) is 17.7. The van der Waals surface area contributed by atoms with E-state index < -0.39 is 4.92 Å². The molecule has 0 aliphatic carbocycles. The van der Waals surface area contributed by atoms with Gasteiger partial charge in [-0.3, -0.25) is 10.1 Å². The first-order valence-corrected chi connectivity index (χ1v) is 3.62. The molecule has 0 saturated heterocycles. The highest BCUT2D eigenvalue weighted by Crippen LogP contribution is 2.22. The summed E-state index contributed by atoms with van der Waals surface area (Å²) in [6.45, 7) is 1.56. The molecule has 68 valence electrons. The molecule has 0 amide bonds. The van der Waals surface area contributed by atoms with E-state index >= 15 is 0 Å². The Morgan fingerprint density at radius 3 is 2.69 bits per heavy atom. The lowest BCUT2D eigenvalue weighted by Gasteiger charge is -2.00. The van der Waals surface area contributed by atoms with Gasteiger partial charge in [0.05, 0.1) is 4.92 Å². The van der Waals surface area contributed by atoms with Crippen LogP contribution in [0, 0.1) is 15.5 Å². The van der Waals surface area contributed by atoms with Crippen LogP contribution in [0.2, 0.25) is 0 Å². The fourth-order valence-electron chi connectivity index (χ4n) is 0.935. The molecule has 1 aromatic carbocycles. The van der Waals surface area contributed by atoms with Crippen LogP contribution < -0.4 is 5.73 Å². The molecule has 0 aromatic heterocycles. The number of nitrogens with zero attached hydrogens (tertiary/aromatic N) is 1. The number of rotatable bonds is 2. The van der Waals surface area contributed by atoms with Gasteiger partial charge in [-0.2, -0.15) is 0 Å². The Morgan fingerprint density at radius 2 is 2.23 bits per heavy atom. The maximum atomic E-state index is 10.5. The van der Waals surface area contributed by atoms with Crippen molar-refractivity contribution in [1.29, 1.82) is 5.41 Å². The lowest BCUT2D eigenvalue weighted by molar-refractivity contribution is -0.383. The average molecular weight is 179 g/mol. The van der Waals surface area contributed by atoms with Gasteiger partial charge in [0.2, 0.25) is 0 Å². The van der Waals surface area contributed by atoms with Gasteiger partial charge in [0.15, 0.2) is 0 Å². The molecule has 1 aromatic rings. The maximum absolute atomic E-state index is 10.5. The Kier molecular flexibility index (Phi) is 2.27. The predicted molar refractivity (Wildman–Crippen MR) is 50.0 cm³/mol. The molecule has 0 atom stereocenters. The van der Waals surface area contributed by atoms with Gasteiger partial charge in [0.25, 0.3) is 5.69 Å². The number of hydrogen-bond donors (Lipinski definition) is 2. The van der Waals surface area contributed by atoms with Crippen molar-refractivity contribution in [3.05, 3.63) is 33.9 Å². The van der Waals surface area contributed by atoms with Crippen LogP contribution in [0.15, 0.2) is 18.2 Å². The third-order valence-corrected chi connectivity index (χ3v) is 1.66. The molecule has 5 nitrogen and oxygen atoms in total. The van der Waals surface area contributed by atoms with E-state index in [2.05, 4.69) is 0 Å². The first-order valence-electron chi connectivity index (χ1n) is 3.62. The second-order valence-electron chi connectivity index (χ2n) is 2.66. The SMILES string of the molecule is CC(=N)c1ccc(N)c([N+](=O)[O-])c1. The van der Waals surface area contributed by atoms with Crippen LogP contribution in [0.3, 0.4) is 0 Å². The average Bonchev–Trinajstić information content (AvgIpc) is 2.04. The van der Waals surface area contributed by atoms with Crippen molar-refractivity contribution >= 4 is 17.1 Å². The minimum absolute atomic E-state index is 0.120. The zero-order valence-corrected chi connectivity index (χ0v) is 7.07. The Morgan fingerprint density at radius 1 is 1.62 bits per heavy atom. The molecule has 0 saturated carbocycles. The third kappa shape index (κ3) is 1.81. The first kappa shape index (κ1) is 9.18. The summed E-state index contributed by atoms with van der Waals surface area (Å²) in [7, 11) is 0. The summed E-state index contributed by atoms with van der Waals surface area (Å²) in [4.78, 5) is 9.90. The van der Waals surface area contributed by atoms with E-state index in [1.165, 1.54) is 12.1 Å². The van der Waals surface area contributed by atoms with Gasteiger partial charge in [0, 0.05) is 17.3 Å². The number of nitro groups is 1. The molecule has 5 heteroatoms. The number of benzene rings is 1. The minimum Gasteiger partial charge on any atom is -0.393 e. The minimum atomic E-state index is -0.554.